The SMILES string of the molecule is CCOCCOC(Sc1ccc(C#N)c(Cl)c1)[C@H](CN(N)/C=C(\N)c1csc(N)n1)OCC. The maximum absolute atomic E-state index is 9.13. The van der Waals surface area contributed by atoms with E-state index in [0.29, 0.717) is 60.1 Å². The van der Waals surface area contributed by atoms with Crippen LogP contribution in [0.25, 0.3) is 5.70 Å². The average Bonchev–Trinajstić information content (AvgIpc) is 3.22. The molecular formula is C21H29ClN6O3S2. The number of nitrogens with two attached hydrogens (primary N) is 3. The van der Waals surface area contributed by atoms with E-state index in [-0.39, 0.29) is 0 Å². The number of hydrogen-bond donors (Lipinski definition) is 3. The number of rotatable bonds is 14. The molecule has 0 spiro atoms. The van der Waals surface area contributed by atoms with Crippen LogP contribution in [0.5, 0.6) is 0 Å². The van der Waals surface area contributed by atoms with Gasteiger partial charge in [-0.1, -0.05) is 23.4 Å². The Morgan fingerprint density at radius 2 is 2.12 bits per heavy atom. The highest BCUT2D eigenvalue weighted by Gasteiger charge is 2.26. The Kier molecular flexibility index (Phi) is 11.8. The summed E-state index contributed by atoms with van der Waals surface area (Å²) in [6.45, 7) is 6.00. The number of nitriles is 1. The molecule has 1 heterocycles. The van der Waals surface area contributed by atoms with E-state index in [0.717, 1.165) is 4.90 Å². The summed E-state index contributed by atoms with van der Waals surface area (Å²) >= 11 is 8.94. The molecule has 1 unspecified atom stereocenters. The average molecular weight is 513 g/mol. The molecule has 0 fully saturated rings. The lowest BCUT2D eigenvalue weighted by Crippen LogP contribution is -2.42. The molecule has 9 nitrogen and oxygen atoms in total. The summed E-state index contributed by atoms with van der Waals surface area (Å²) in [6, 6.07) is 7.29. The van der Waals surface area contributed by atoms with E-state index >= 15 is 0 Å². The lowest BCUT2D eigenvalue weighted by Gasteiger charge is -2.29. The van der Waals surface area contributed by atoms with Crippen molar-refractivity contribution in [3.63, 3.8) is 0 Å². The Morgan fingerprint density at radius 1 is 1.33 bits per heavy atom. The molecule has 0 radical (unpaired) electrons. The Bertz CT molecular complexity index is 952. The van der Waals surface area contributed by atoms with E-state index in [9.17, 15) is 0 Å². The zero-order valence-electron chi connectivity index (χ0n) is 18.6. The summed E-state index contributed by atoms with van der Waals surface area (Å²) in [5, 5.41) is 13.1. The molecule has 1 aromatic carbocycles. The number of thioether (sulfide) groups is 1. The van der Waals surface area contributed by atoms with Crippen molar-refractivity contribution in [3.05, 3.63) is 46.1 Å². The van der Waals surface area contributed by atoms with Crippen LogP contribution >= 0.6 is 34.7 Å². The molecule has 33 heavy (non-hydrogen) atoms. The molecule has 0 aliphatic heterocycles. The molecular weight excluding hydrogens is 484 g/mol. The predicted octanol–water partition coefficient (Wildman–Crippen LogP) is 3.26. The van der Waals surface area contributed by atoms with Gasteiger partial charge in [-0.25, -0.2) is 10.8 Å². The van der Waals surface area contributed by atoms with Crippen molar-refractivity contribution < 1.29 is 14.2 Å². The first-order chi connectivity index (χ1) is 15.9. The van der Waals surface area contributed by atoms with Crippen LogP contribution < -0.4 is 17.3 Å². The summed E-state index contributed by atoms with van der Waals surface area (Å²) in [5.41, 5.74) is 12.7. The number of nitrogens with zero attached hydrogens (tertiary/aromatic N) is 3. The molecule has 0 saturated heterocycles. The molecule has 0 aliphatic carbocycles. The van der Waals surface area contributed by atoms with Gasteiger partial charge in [-0.3, -0.25) is 0 Å². The van der Waals surface area contributed by atoms with Crippen LogP contribution in [0, 0.1) is 11.3 Å². The maximum atomic E-state index is 9.13. The Morgan fingerprint density at radius 3 is 2.73 bits per heavy atom. The number of nitrogen functional groups attached to an aromatic ring is 1. The third-order valence-electron chi connectivity index (χ3n) is 4.22. The second-order valence-corrected chi connectivity index (χ2v) is 9.12. The molecule has 0 bridgehead atoms. The van der Waals surface area contributed by atoms with Crippen molar-refractivity contribution in [2.75, 3.05) is 38.7 Å². The third-order valence-corrected chi connectivity index (χ3v) is 6.41. The normalized spacial score (nSPS) is 13.5. The predicted molar refractivity (Wildman–Crippen MR) is 133 cm³/mol. The van der Waals surface area contributed by atoms with Crippen molar-refractivity contribution in [1.29, 1.82) is 5.26 Å². The molecule has 2 atom stereocenters. The first-order valence-corrected chi connectivity index (χ1v) is 12.4. The highest BCUT2D eigenvalue weighted by atomic mass is 35.5. The van der Waals surface area contributed by atoms with Crippen LogP contribution in [-0.2, 0) is 14.2 Å². The Labute approximate surface area is 207 Å². The summed E-state index contributed by atoms with van der Waals surface area (Å²) in [6.07, 6.45) is 1.17. The van der Waals surface area contributed by atoms with Crippen LogP contribution in [0.1, 0.15) is 25.1 Å². The van der Waals surface area contributed by atoms with Crippen LogP contribution in [-0.4, -0.2) is 54.5 Å². The maximum Gasteiger partial charge on any atom is 0.180 e. The van der Waals surface area contributed by atoms with Crippen molar-refractivity contribution in [1.82, 2.24) is 9.99 Å². The number of halogens is 1. The van der Waals surface area contributed by atoms with Crippen molar-refractivity contribution in [2.45, 2.75) is 30.3 Å². The zero-order chi connectivity index (χ0) is 24.2. The molecule has 2 aromatic rings. The second-order valence-electron chi connectivity index (χ2n) is 6.65. The van der Waals surface area contributed by atoms with Gasteiger partial charge in [-0.05, 0) is 32.0 Å². The Hall–Kier alpha value is -2.04. The quantitative estimate of drug-likeness (QED) is 0.113. The van der Waals surface area contributed by atoms with E-state index < -0.39 is 11.5 Å². The minimum atomic E-state index is -0.426. The number of hydrazine groups is 1. The zero-order valence-corrected chi connectivity index (χ0v) is 21.0. The van der Waals surface area contributed by atoms with Gasteiger partial charge >= 0.3 is 0 Å². The van der Waals surface area contributed by atoms with Gasteiger partial charge in [0.05, 0.1) is 36.0 Å². The second kappa shape index (κ2) is 14.3. The van der Waals surface area contributed by atoms with E-state index in [1.54, 1.807) is 23.7 Å². The van der Waals surface area contributed by atoms with E-state index in [1.807, 2.05) is 19.9 Å². The van der Waals surface area contributed by atoms with E-state index in [4.69, 9.17) is 48.4 Å². The van der Waals surface area contributed by atoms with Crippen molar-refractivity contribution in [3.8, 4) is 6.07 Å². The first-order valence-electron chi connectivity index (χ1n) is 10.2. The molecule has 6 N–H and O–H groups in total. The highest BCUT2D eigenvalue weighted by Crippen LogP contribution is 2.31. The lowest BCUT2D eigenvalue weighted by molar-refractivity contribution is -0.0508. The van der Waals surface area contributed by atoms with Gasteiger partial charge in [0.2, 0.25) is 0 Å². The minimum absolute atomic E-state index is 0.296. The van der Waals surface area contributed by atoms with E-state index in [1.165, 1.54) is 28.1 Å². The van der Waals surface area contributed by atoms with Crippen LogP contribution in [0.4, 0.5) is 5.13 Å². The Balaban J connectivity index is 2.17. The van der Waals surface area contributed by atoms with Crippen LogP contribution in [0.2, 0.25) is 5.02 Å². The summed E-state index contributed by atoms with van der Waals surface area (Å²) in [5.74, 6) is 6.21. The standard InChI is InChI=1S/C21H29ClN6O3S2/c1-3-29-7-8-31-20(33-15-6-5-14(10-23)16(22)9-15)19(30-4-2)12-28(26)11-17(24)18-13-32-21(25)27-18/h5-6,9,11,13,19-20H,3-4,7-8,12,24,26H2,1-2H3,(H2,25,27)/b17-11-/t19-,20?/m0/s1. The number of anilines is 1. The summed E-state index contributed by atoms with van der Waals surface area (Å²) in [7, 11) is 0. The first kappa shape index (κ1) is 27.2. The molecule has 0 aliphatic rings. The van der Waals surface area contributed by atoms with Gasteiger partial charge in [0, 0.05) is 29.7 Å². The number of benzene rings is 1. The largest absolute Gasteiger partial charge is 0.396 e. The van der Waals surface area contributed by atoms with Gasteiger partial charge in [0.25, 0.3) is 0 Å². The van der Waals surface area contributed by atoms with Gasteiger partial charge in [0.1, 0.15) is 23.3 Å². The lowest BCUT2D eigenvalue weighted by atomic mass is 10.2. The monoisotopic (exact) mass is 512 g/mol. The molecule has 1 aromatic heterocycles. The fourth-order valence-electron chi connectivity index (χ4n) is 2.74. The van der Waals surface area contributed by atoms with Gasteiger partial charge in [-0.2, -0.15) is 5.26 Å². The molecule has 0 amide bonds. The van der Waals surface area contributed by atoms with Gasteiger partial charge < -0.3 is 30.7 Å². The van der Waals surface area contributed by atoms with Crippen molar-refractivity contribution >= 4 is 45.5 Å². The smallest absolute Gasteiger partial charge is 0.180 e. The van der Waals surface area contributed by atoms with Crippen molar-refractivity contribution in [2.24, 2.45) is 11.6 Å². The fourth-order valence-corrected chi connectivity index (χ4v) is 4.68. The number of aromatic nitrogens is 1. The topological polar surface area (TPSA) is 146 Å². The highest BCUT2D eigenvalue weighted by molar-refractivity contribution is 7.99. The summed E-state index contributed by atoms with van der Waals surface area (Å²) < 4.78 is 17.5. The number of hydrogen-bond acceptors (Lipinski definition) is 11. The van der Waals surface area contributed by atoms with Crippen LogP contribution in [0.15, 0.2) is 34.7 Å². The van der Waals surface area contributed by atoms with Gasteiger partial charge in [-0.15, -0.1) is 11.3 Å². The molecule has 2 rings (SSSR count). The van der Waals surface area contributed by atoms with E-state index in [2.05, 4.69) is 11.1 Å². The minimum Gasteiger partial charge on any atom is -0.396 e. The molecule has 0 saturated carbocycles. The summed E-state index contributed by atoms with van der Waals surface area (Å²) in [4.78, 5) is 5.00. The molecule has 12 heteroatoms. The number of thiazole rings is 1. The third kappa shape index (κ3) is 9.02. The fraction of sp³-hybridized carbons (Fsp3) is 0.429. The van der Waals surface area contributed by atoms with Crippen LogP contribution in [0.3, 0.4) is 0 Å². The molecule has 180 valence electrons. The van der Waals surface area contributed by atoms with Gasteiger partial charge in [0.15, 0.2) is 5.13 Å². The number of ether oxygens (including phenoxy) is 3.